The Kier molecular flexibility index (Phi) is 5.54. The van der Waals surface area contributed by atoms with Crippen molar-refractivity contribution < 1.29 is 9.53 Å². The Morgan fingerprint density at radius 1 is 0.885 bits per heavy atom. The Morgan fingerprint density at radius 3 is 2.31 bits per heavy atom. The Morgan fingerprint density at radius 2 is 1.62 bits per heavy atom. The van der Waals surface area contributed by atoms with Gasteiger partial charge in [-0.3, -0.25) is 5.32 Å². The molecule has 1 N–H and O–H groups in total. The molecule has 0 aliphatic heterocycles. The van der Waals surface area contributed by atoms with Crippen LogP contribution < -0.4 is 10.2 Å². The predicted octanol–water partition coefficient (Wildman–Crippen LogP) is 5.17. The molecule has 1 amide bonds. The summed E-state index contributed by atoms with van der Waals surface area (Å²) >= 11 is 0. The molecular formula is C22H22N2O2. The summed E-state index contributed by atoms with van der Waals surface area (Å²) < 4.78 is 5.26. The number of hydrogen-bond acceptors (Lipinski definition) is 3. The van der Waals surface area contributed by atoms with E-state index in [1.807, 2.05) is 68.7 Å². The van der Waals surface area contributed by atoms with Crippen molar-refractivity contribution in [2.75, 3.05) is 24.3 Å². The minimum Gasteiger partial charge on any atom is -0.444 e. The summed E-state index contributed by atoms with van der Waals surface area (Å²) in [4.78, 5) is 14.1. The highest BCUT2D eigenvalue weighted by atomic mass is 16.5. The van der Waals surface area contributed by atoms with Crippen LogP contribution in [0, 0.1) is 0 Å². The molecule has 0 bridgehead atoms. The maximum Gasteiger partial charge on any atom is 0.411 e. The van der Waals surface area contributed by atoms with Crippen LogP contribution in [0.1, 0.15) is 5.56 Å². The molecule has 0 saturated carbocycles. The third-order valence-corrected chi connectivity index (χ3v) is 4.04. The van der Waals surface area contributed by atoms with E-state index in [9.17, 15) is 4.79 Å². The molecule has 0 aliphatic rings. The minimum atomic E-state index is -0.464. The molecule has 0 aromatic heterocycles. The second-order valence-corrected chi connectivity index (χ2v) is 6.21. The average molecular weight is 346 g/mol. The fourth-order valence-electron chi connectivity index (χ4n) is 2.61. The molecule has 4 nitrogen and oxygen atoms in total. The molecule has 0 atom stereocenters. The lowest BCUT2D eigenvalue weighted by Crippen LogP contribution is -2.13. The van der Waals surface area contributed by atoms with Crippen LogP contribution in [0.25, 0.3) is 11.1 Å². The zero-order valence-corrected chi connectivity index (χ0v) is 15.0. The van der Waals surface area contributed by atoms with Crippen molar-refractivity contribution >= 4 is 17.5 Å². The molecule has 3 aromatic rings. The van der Waals surface area contributed by atoms with Crippen LogP contribution in [0.15, 0.2) is 78.9 Å². The smallest absolute Gasteiger partial charge is 0.411 e. The summed E-state index contributed by atoms with van der Waals surface area (Å²) in [6, 6.07) is 25.6. The predicted molar refractivity (Wildman–Crippen MR) is 106 cm³/mol. The highest BCUT2D eigenvalue weighted by molar-refractivity contribution is 5.86. The van der Waals surface area contributed by atoms with E-state index in [-0.39, 0.29) is 6.61 Å². The van der Waals surface area contributed by atoms with E-state index in [1.54, 1.807) is 0 Å². The lowest BCUT2D eigenvalue weighted by atomic mass is 10.0. The molecule has 3 aromatic carbocycles. The molecule has 4 heteroatoms. The van der Waals surface area contributed by atoms with E-state index in [4.69, 9.17) is 4.74 Å². The van der Waals surface area contributed by atoms with Gasteiger partial charge in [-0.25, -0.2) is 4.79 Å². The SMILES string of the molecule is CN(C)c1ccc(-c2cccc(NC(=O)OCc3ccccc3)c2)cc1. The fourth-order valence-corrected chi connectivity index (χ4v) is 2.61. The molecule has 0 heterocycles. The van der Waals surface area contributed by atoms with Gasteiger partial charge < -0.3 is 9.64 Å². The van der Waals surface area contributed by atoms with Crippen molar-refractivity contribution in [2.24, 2.45) is 0 Å². The van der Waals surface area contributed by atoms with Gasteiger partial charge in [0.2, 0.25) is 0 Å². The molecule has 0 saturated heterocycles. The first-order chi connectivity index (χ1) is 12.6. The number of benzene rings is 3. The van der Waals surface area contributed by atoms with E-state index in [1.165, 1.54) is 0 Å². The number of carbonyl (C=O) groups is 1. The lowest BCUT2D eigenvalue weighted by Gasteiger charge is -2.13. The van der Waals surface area contributed by atoms with Crippen molar-refractivity contribution in [3.8, 4) is 11.1 Å². The standard InChI is InChI=1S/C22H22N2O2/c1-24(2)21-13-11-18(12-14-21)19-9-6-10-20(15-19)23-22(25)26-16-17-7-4-3-5-8-17/h3-15H,16H2,1-2H3,(H,23,25). The molecule has 0 fully saturated rings. The number of amides is 1. The molecule has 26 heavy (non-hydrogen) atoms. The number of carbonyl (C=O) groups excluding carboxylic acids is 1. The third-order valence-electron chi connectivity index (χ3n) is 4.04. The van der Waals surface area contributed by atoms with Gasteiger partial charge in [0.05, 0.1) is 0 Å². The van der Waals surface area contributed by atoms with E-state index in [0.29, 0.717) is 5.69 Å². The molecule has 132 valence electrons. The number of rotatable bonds is 5. The van der Waals surface area contributed by atoms with Crippen LogP contribution in [0.3, 0.4) is 0 Å². The second-order valence-electron chi connectivity index (χ2n) is 6.21. The number of anilines is 2. The van der Waals surface area contributed by atoms with Crippen LogP contribution in [-0.4, -0.2) is 20.2 Å². The van der Waals surface area contributed by atoms with Gasteiger partial charge in [-0.15, -0.1) is 0 Å². The van der Waals surface area contributed by atoms with Gasteiger partial charge in [0.25, 0.3) is 0 Å². The van der Waals surface area contributed by atoms with E-state index >= 15 is 0 Å². The maximum absolute atomic E-state index is 12.0. The summed E-state index contributed by atoms with van der Waals surface area (Å²) in [5.41, 5.74) is 4.94. The van der Waals surface area contributed by atoms with Crippen molar-refractivity contribution in [1.29, 1.82) is 0 Å². The molecule has 0 spiro atoms. The molecule has 0 aliphatic carbocycles. The topological polar surface area (TPSA) is 41.6 Å². The molecule has 0 radical (unpaired) electrons. The molecule has 0 unspecified atom stereocenters. The van der Waals surface area contributed by atoms with Crippen molar-refractivity contribution in [2.45, 2.75) is 6.61 Å². The first-order valence-electron chi connectivity index (χ1n) is 8.47. The van der Waals surface area contributed by atoms with E-state index < -0.39 is 6.09 Å². The van der Waals surface area contributed by atoms with Gasteiger partial charge in [-0.2, -0.15) is 0 Å². The van der Waals surface area contributed by atoms with Crippen molar-refractivity contribution in [3.63, 3.8) is 0 Å². The maximum atomic E-state index is 12.0. The van der Waals surface area contributed by atoms with Crippen LogP contribution >= 0.6 is 0 Å². The van der Waals surface area contributed by atoms with Crippen molar-refractivity contribution in [3.05, 3.63) is 84.4 Å². The number of ether oxygens (including phenoxy) is 1. The van der Waals surface area contributed by atoms with E-state index in [0.717, 1.165) is 22.4 Å². The monoisotopic (exact) mass is 346 g/mol. The van der Waals surface area contributed by atoms with Gasteiger partial charge in [0.15, 0.2) is 0 Å². The van der Waals surface area contributed by atoms with Crippen LogP contribution in [-0.2, 0) is 11.3 Å². The largest absolute Gasteiger partial charge is 0.444 e. The van der Waals surface area contributed by atoms with Gasteiger partial charge in [0, 0.05) is 25.5 Å². The van der Waals surface area contributed by atoms with Crippen LogP contribution in [0.2, 0.25) is 0 Å². The summed E-state index contributed by atoms with van der Waals surface area (Å²) in [6.07, 6.45) is -0.464. The second kappa shape index (κ2) is 8.21. The molecular weight excluding hydrogens is 324 g/mol. The number of hydrogen-bond donors (Lipinski definition) is 1. The summed E-state index contributed by atoms with van der Waals surface area (Å²) in [5, 5.41) is 2.78. The van der Waals surface area contributed by atoms with Crippen LogP contribution in [0.4, 0.5) is 16.2 Å². The van der Waals surface area contributed by atoms with Crippen molar-refractivity contribution in [1.82, 2.24) is 0 Å². The average Bonchev–Trinajstić information content (AvgIpc) is 2.67. The normalized spacial score (nSPS) is 10.2. The Labute approximate surface area is 154 Å². The Hall–Kier alpha value is -3.27. The quantitative estimate of drug-likeness (QED) is 0.693. The third kappa shape index (κ3) is 4.63. The lowest BCUT2D eigenvalue weighted by molar-refractivity contribution is 0.155. The van der Waals surface area contributed by atoms with E-state index in [2.05, 4.69) is 34.5 Å². The van der Waals surface area contributed by atoms with Gasteiger partial charge in [-0.1, -0.05) is 54.6 Å². The Bertz CT molecular complexity index is 859. The fraction of sp³-hybridized carbons (Fsp3) is 0.136. The zero-order valence-electron chi connectivity index (χ0n) is 15.0. The summed E-state index contributed by atoms with van der Waals surface area (Å²) in [5.74, 6) is 0. The van der Waals surface area contributed by atoms with Gasteiger partial charge in [0.1, 0.15) is 6.61 Å². The van der Waals surface area contributed by atoms with Gasteiger partial charge >= 0.3 is 6.09 Å². The first-order valence-corrected chi connectivity index (χ1v) is 8.47. The summed E-state index contributed by atoms with van der Waals surface area (Å²) in [6.45, 7) is 0.248. The first kappa shape index (κ1) is 17.5. The Balaban J connectivity index is 1.64. The zero-order chi connectivity index (χ0) is 18.4. The highest BCUT2D eigenvalue weighted by Crippen LogP contribution is 2.25. The van der Waals surface area contributed by atoms with Gasteiger partial charge in [-0.05, 0) is 41.0 Å². The highest BCUT2D eigenvalue weighted by Gasteiger charge is 2.06. The minimum absolute atomic E-state index is 0.248. The molecule has 3 rings (SSSR count). The van der Waals surface area contributed by atoms with Crippen LogP contribution in [0.5, 0.6) is 0 Å². The number of nitrogens with one attached hydrogen (secondary N) is 1. The number of nitrogens with zero attached hydrogens (tertiary/aromatic N) is 1. The summed E-state index contributed by atoms with van der Waals surface area (Å²) in [7, 11) is 4.03.